The first-order valence-electron chi connectivity index (χ1n) is 6.10. The van der Waals surface area contributed by atoms with Gasteiger partial charge in [0, 0.05) is 25.0 Å². The van der Waals surface area contributed by atoms with Gasteiger partial charge in [0.15, 0.2) is 0 Å². The molecule has 1 aliphatic rings. The Hall–Kier alpha value is -2.08. The number of fused-ring (bicyclic) bond motifs is 1. The summed E-state index contributed by atoms with van der Waals surface area (Å²) in [5, 5.41) is 2.99. The smallest absolute Gasteiger partial charge is 0.229 e. The summed E-state index contributed by atoms with van der Waals surface area (Å²) in [5.74, 6) is -0.551. The Balaban J connectivity index is 2.04. The zero-order valence-electron chi connectivity index (χ0n) is 11.0. The number of allylic oxidation sites excluding steroid dienone is 2. The first-order valence-corrected chi connectivity index (χ1v) is 6.10. The number of ketones is 2. The summed E-state index contributed by atoms with van der Waals surface area (Å²) in [6, 6.07) is 0. The minimum Gasteiger partial charge on any atom is -0.382 e. The maximum Gasteiger partial charge on any atom is 0.229 e. The van der Waals surface area contributed by atoms with Crippen LogP contribution in [-0.4, -0.2) is 53.6 Å². The zero-order valence-corrected chi connectivity index (χ0v) is 11.0. The molecule has 0 bridgehead atoms. The molecule has 1 aliphatic carbocycles. The Bertz CT molecular complexity index is 537. The van der Waals surface area contributed by atoms with Crippen LogP contribution < -0.4 is 5.32 Å². The van der Waals surface area contributed by atoms with Gasteiger partial charge in [-0.15, -0.1) is 0 Å². The molecular weight excluding hydrogens is 244 g/mol. The largest absolute Gasteiger partial charge is 0.382 e. The molecule has 0 aliphatic heterocycles. The van der Waals surface area contributed by atoms with E-state index in [1.54, 1.807) is 0 Å². The molecule has 1 aromatic heterocycles. The summed E-state index contributed by atoms with van der Waals surface area (Å²) in [6.07, 6.45) is 5.01. The highest BCUT2D eigenvalue weighted by Gasteiger charge is 2.27. The van der Waals surface area contributed by atoms with Crippen molar-refractivity contribution in [3.63, 3.8) is 0 Å². The summed E-state index contributed by atoms with van der Waals surface area (Å²) in [5.41, 5.74) is 0.563. The average Bonchev–Trinajstić information content (AvgIpc) is 2.40. The number of nitrogens with one attached hydrogen (secondary N) is 1. The van der Waals surface area contributed by atoms with Crippen LogP contribution in [0.4, 0.5) is 0 Å². The van der Waals surface area contributed by atoms with E-state index in [0.717, 1.165) is 13.0 Å². The molecule has 0 radical (unpaired) electrons. The van der Waals surface area contributed by atoms with Crippen LogP contribution in [-0.2, 0) is 0 Å². The predicted octanol–water partition coefficient (Wildman–Crippen LogP) is 0.281. The summed E-state index contributed by atoms with van der Waals surface area (Å²) in [4.78, 5) is 33.8. The molecule has 0 atom stereocenters. The molecular formula is C13H16N4O2. The van der Waals surface area contributed by atoms with Crippen molar-refractivity contribution in [2.24, 2.45) is 0 Å². The number of carbonyl (C=O) groups is 2. The van der Waals surface area contributed by atoms with Gasteiger partial charge in [-0.05, 0) is 27.1 Å². The van der Waals surface area contributed by atoms with E-state index in [0.29, 0.717) is 12.2 Å². The second-order valence-corrected chi connectivity index (χ2v) is 4.59. The van der Waals surface area contributed by atoms with E-state index in [4.69, 9.17) is 0 Å². The molecule has 6 heteroatoms. The van der Waals surface area contributed by atoms with Gasteiger partial charge in [0.1, 0.15) is 11.4 Å². The molecule has 19 heavy (non-hydrogen) atoms. The number of hydrogen-bond acceptors (Lipinski definition) is 6. The van der Waals surface area contributed by atoms with Crippen molar-refractivity contribution in [3.8, 4) is 0 Å². The maximum atomic E-state index is 12.1. The highest BCUT2D eigenvalue weighted by Crippen LogP contribution is 2.15. The van der Waals surface area contributed by atoms with Crippen molar-refractivity contribution in [2.75, 3.05) is 27.2 Å². The maximum absolute atomic E-state index is 12.1. The van der Waals surface area contributed by atoms with E-state index in [1.807, 2.05) is 14.1 Å². The van der Waals surface area contributed by atoms with Gasteiger partial charge in [0.25, 0.3) is 0 Å². The van der Waals surface area contributed by atoms with Crippen LogP contribution in [0, 0.1) is 0 Å². The fourth-order valence-electron chi connectivity index (χ4n) is 1.83. The van der Waals surface area contributed by atoms with E-state index in [9.17, 15) is 9.59 Å². The standard InChI is InChI=1S/C13H16N4O2/c1-17(2)7-3-4-14-9-8-10(18)11-12(13(9)19)16-6-5-15-11/h5-6,8,14H,3-4,7H2,1-2H3. The lowest BCUT2D eigenvalue weighted by Crippen LogP contribution is -2.30. The molecule has 0 saturated heterocycles. The van der Waals surface area contributed by atoms with Crippen molar-refractivity contribution in [1.82, 2.24) is 20.2 Å². The summed E-state index contributed by atoms with van der Waals surface area (Å²) < 4.78 is 0. The predicted molar refractivity (Wildman–Crippen MR) is 69.9 cm³/mol. The molecule has 0 unspecified atom stereocenters. The number of hydrogen-bond donors (Lipinski definition) is 1. The first kappa shape index (κ1) is 13.4. The van der Waals surface area contributed by atoms with Crippen LogP contribution >= 0.6 is 0 Å². The van der Waals surface area contributed by atoms with E-state index in [2.05, 4.69) is 20.2 Å². The molecule has 1 aromatic rings. The second kappa shape index (κ2) is 5.71. The van der Waals surface area contributed by atoms with Gasteiger partial charge in [-0.3, -0.25) is 9.59 Å². The van der Waals surface area contributed by atoms with Crippen molar-refractivity contribution in [2.45, 2.75) is 6.42 Å². The number of aromatic nitrogens is 2. The van der Waals surface area contributed by atoms with Crippen molar-refractivity contribution in [1.29, 1.82) is 0 Å². The van der Waals surface area contributed by atoms with Crippen LogP contribution in [0.5, 0.6) is 0 Å². The lowest BCUT2D eigenvalue weighted by atomic mass is 10.0. The van der Waals surface area contributed by atoms with Crippen molar-refractivity contribution >= 4 is 11.6 Å². The third-order valence-corrected chi connectivity index (χ3v) is 2.76. The number of rotatable bonds is 5. The first-order chi connectivity index (χ1) is 9.09. The third kappa shape index (κ3) is 3.03. The van der Waals surface area contributed by atoms with Gasteiger partial charge < -0.3 is 10.2 Å². The van der Waals surface area contributed by atoms with Crippen LogP contribution in [0.1, 0.15) is 27.4 Å². The summed E-state index contributed by atoms with van der Waals surface area (Å²) >= 11 is 0. The van der Waals surface area contributed by atoms with Gasteiger partial charge in [-0.25, -0.2) is 9.97 Å². The second-order valence-electron chi connectivity index (χ2n) is 4.59. The molecule has 2 rings (SSSR count). The monoisotopic (exact) mass is 260 g/mol. The van der Waals surface area contributed by atoms with Gasteiger partial charge in [-0.1, -0.05) is 0 Å². The minimum absolute atomic E-state index is 0.130. The van der Waals surface area contributed by atoms with Crippen LogP contribution in [0.25, 0.3) is 0 Å². The fourth-order valence-corrected chi connectivity index (χ4v) is 1.83. The van der Waals surface area contributed by atoms with Gasteiger partial charge >= 0.3 is 0 Å². The lowest BCUT2D eigenvalue weighted by Gasteiger charge is -2.15. The minimum atomic E-state index is -0.280. The molecule has 1 N–H and O–H groups in total. The van der Waals surface area contributed by atoms with Gasteiger partial charge in [0.2, 0.25) is 11.6 Å². The third-order valence-electron chi connectivity index (χ3n) is 2.76. The topological polar surface area (TPSA) is 75.2 Å². The summed E-state index contributed by atoms with van der Waals surface area (Å²) in [6.45, 7) is 1.55. The molecule has 1 heterocycles. The Morgan fingerprint density at radius 3 is 2.53 bits per heavy atom. The van der Waals surface area contributed by atoms with E-state index < -0.39 is 0 Å². The normalized spacial score (nSPS) is 14.4. The van der Waals surface area contributed by atoms with Crippen LogP contribution in [0.3, 0.4) is 0 Å². The van der Waals surface area contributed by atoms with E-state index >= 15 is 0 Å². The van der Waals surface area contributed by atoms with E-state index in [-0.39, 0.29) is 23.0 Å². The molecule has 0 spiro atoms. The SMILES string of the molecule is CN(C)CCCNC1=CC(=O)c2nccnc2C1=O. The van der Waals surface area contributed by atoms with Gasteiger partial charge in [0.05, 0.1) is 5.70 Å². The van der Waals surface area contributed by atoms with Crippen molar-refractivity contribution < 1.29 is 9.59 Å². The molecule has 0 fully saturated rings. The summed E-state index contributed by atoms with van der Waals surface area (Å²) in [7, 11) is 3.97. The van der Waals surface area contributed by atoms with Crippen LogP contribution in [0.15, 0.2) is 24.2 Å². The Morgan fingerprint density at radius 2 is 1.84 bits per heavy atom. The number of nitrogens with zero attached hydrogens (tertiary/aromatic N) is 3. The lowest BCUT2D eigenvalue weighted by molar-refractivity contribution is 0.0970. The Kier molecular flexibility index (Phi) is 4.01. The Morgan fingerprint density at radius 1 is 1.16 bits per heavy atom. The molecule has 0 aromatic carbocycles. The quantitative estimate of drug-likeness (QED) is 0.766. The highest BCUT2D eigenvalue weighted by molar-refractivity contribution is 6.22. The number of Topliss-reactive ketones (excluding diaryl/α,β-unsaturated/α-hetero) is 1. The Labute approximate surface area is 111 Å². The molecule has 0 amide bonds. The average molecular weight is 260 g/mol. The van der Waals surface area contributed by atoms with Crippen LogP contribution in [0.2, 0.25) is 0 Å². The fraction of sp³-hybridized carbons (Fsp3) is 0.385. The highest BCUT2D eigenvalue weighted by atomic mass is 16.1. The van der Waals surface area contributed by atoms with Gasteiger partial charge in [-0.2, -0.15) is 0 Å². The zero-order chi connectivity index (χ0) is 13.8. The number of carbonyl (C=O) groups excluding carboxylic acids is 2. The molecule has 100 valence electrons. The van der Waals surface area contributed by atoms with E-state index in [1.165, 1.54) is 18.5 Å². The van der Waals surface area contributed by atoms with Crippen molar-refractivity contribution in [3.05, 3.63) is 35.6 Å². The molecule has 0 saturated carbocycles. The molecule has 6 nitrogen and oxygen atoms in total.